The lowest BCUT2D eigenvalue weighted by atomic mass is 10.4. The zero-order valence-corrected chi connectivity index (χ0v) is 11.5. The molecule has 1 amide bonds. The van der Waals surface area contributed by atoms with Gasteiger partial charge in [0.05, 0.1) is 5.75 Å². The van der Waals surface area contributed by atoms with Gasteiger partial charge in [0.25, 0.3) is 5.78 Å². The number of fused-ring (bicyclic) bond motifs is 1. The van der Waals surface area contributed by atoms with Gasteiger partial charge in [0.15, 0.2) is 0 Å². The van der Waals surface area contributed by atoms with Crippen LogP contribution in [0, 0.1) is 6.92 Å². The van der Waals surface area contributed by atoms with E-state index in [0.29, 0.717) is 23.2 Å². The van der Waals surface area contributed by atoms with Crippen molar-refractivity contribution >= 4 is 35.0 Å². The van der Waals surface area contributed by atoms with Crippen molar-refractivity contribution in [3.63, 3.8) is 0 Å². The summed E-state index contributed by atoms with van der Waals surface area (Å²) in [6.07, 6.45) is 1.41. The highest BCUT2D eigenvalue weighted by Crippen LogP contribution is 2.26. The molecule has 0 aliphatic carbocycles. The average molecular weight is 286 g/mol. The van der Waals surface area contributed by atoms with Crippen molar-refractivity contribution in [2.45, 2.75) is 18.9 Å². The maximum absolute atomic E-state index is 11.5. The molecule has 0 spiro atoms. The maximum atomic E-state index is 11.5. The van der Waals surface area contributed by atoms with Crippen molar-refractivity contribution in [1.82, 2.24) is 24.9 Å². The van der Waals surface area contributed by atoms with Crippen LogP contribution in [-0.4, -0.2) is 37.8 Å². The van der Waals surface area contributed by atoms with Crippen LogP contribution < -0.4 is 5.32 Å². The van der Waals surface area contributed by atoms with Gasteiger partial charge >= 0.3 is 0 Å². The lowest BCUT2D eigenvalue weighted by molar-refractivity contribution is -0.118. The highest BCUT2D eigenvalue weighted by Gasteiger charge is 2.13. The smallest absolute Gasteiger partial charge is 0.254 e. The van der Waals surface area contributed by atoms with Crippen molar-refractivity contribution in [1.29, 1.82) is 0 Å². The van der Waals surface area contributed by atoms with Gasteiger partial charge in [-0.3, -0.25) is 4.79 Å². The average Bonchev–Trinajstić information content (AvgIpc) is 2.77. The number of rotatable bonds is 4. The molecule has 0 saturated heterocycles. The standard InChI is InChI=1S/C10H12ClN5OS/c1-3-12-7(17)4-18-9-6(2)8(11)15-10-13-5-14-16(9)10/h5H,3-4H2,1-2H3,(H,12,17). The molecule has 0 aromatic carbocycles. The summed E-state index contributed by atoms with van der Waals surface area (Å²) < 4.78 is 1.59. The SMILES string of the molecule is CCNC(=O)CSc1c(C)c(Cl)nc2ncnn12. The Hall–Kier alpha value is -1.34. The number of hydrogen-bond donors (Lipinski definition) is 1. The van der Waals surface area contributed by atoms with Gasteiger partial charge in [0.1, 0.15) is 16.5 Å². The first kappa shape index (κ1) is 13.1. The first-order valence-corrected chi connectivity index (χ1v) is 6.75. The van der Waals surface area contributed by atoms with Gasteiger partial charge in [0.2, 0.25) is 5.91 Å². The fourth-order valence-electron chi connectivity index (χ4n) is 1.43. The molecule has 0 aliphatic heterocycles. The molecule has 2 aromatic heterocycles. The first-order chi connectivity index (χ1) is 8.63. The van der Waals surface area contributed by atoms with Crippen LogP contribution in [0.4, 0.5) is 0 Å². The lowest BCUT2D eigenvalue weighted by Gasteiger charge is -2.08. The normalized spacial score (nSPS) is 10.8. The highest BCUT2D eigenvalue weighted by molar-refractivity contribution is 8.00. The molecule has 0 unspecified atom stereocenters. The summed E-state index contributed by atoms with van der Waals surface area (Å²) in [5.41, 5.74) is 0.795. The number of carbonyl (C=O) groups is 1. The lowest BCUT2D eigenvalue weighted by Crippen LogP contribution is -2.24. The number of amides is 1. The molecule has 2 aromatic rings. The molecule has 18 heavy (non-hydrogen) atoms. The van der Waals surface area contributed by atoms with Crippen molar-refractivity contribution in [2.24, 2.45) is 0 Å². The van der Waals surface area contributed by atoms with Crippen molar-refractivity contribution in [3.8, 4) is 0 Å². The van der Waals surface area contributed by atoms with Gasteiger partial charge in [-0.05, 0) is 13.8 Å². The van der Waals surface area contributed by atoms with Crippen LogP contribution in [0.15, 0.2) is 11.4 Å². The van der Waals surface area contributed by atoms with Gasteiger partial charge in [0, 0.05) is 12.1 Å². The minimum Gasteiger partial charge on any atom is -0.356 e. The molecule has 0 bridgehead atoms. The van der Waals surface area contributed by atoms with Crippen LogP contribution in [0.25, 0.3) is 5.78 Å². The first-order valence-electron chi connectivity index (χ1n) is 5.38. The Labute approximate surface area is 113 Å². The predicted molar refractivity (Wildman–Crippen MR) is 69.9 cm³/mol. The van der Waals surface area contributed by atoms with Crippen LogP contribution in [0.1, 0.15) is 12.5 Å². The third-order valence-corrected chi connectivity index (χ3v) is 3.79. The summed E-state index contributed by atoms with van der Waals surface area (Å²) in [5.74, 6) is 0.719. The van der Waals surface area contributed by atoms with E-state index in [1.807, 2.05) is 13.8 Å². The molecule has 96 valence electrons. The Morgan fingerprint density at radius 1 is 1.61 bits per heavy atom. The quantitative estimate of drug-likeness (QED) is 0.677. The van der Waals surface area contributed by atoms with Gasteiger partial charge < -0.3 is 5.32 Å². The molecule has 0 aliphatic rings. The molecule has 0 atom stereocenters. The monoisotopic (exact) mass is 285 g/mol. The second-order valence-electron chi connectivity index (χ2n) is 3.55. The van der Waals surface area contributed by atoms with Gasteiger partial charge in [-0.2, -0.15) is 19.6 Å². The fraction of sp³-hybridized carbons (Fsp3) is 0.400. The molecule has 6 nitrogen and oxygen atoms in total. The Kier molecular flexibility index (Phi) is 4.03. The number of nitrogens with one attached hydrogen (secondary N) is 1. The second-order valence-corrected chi connectivity index (χ2v) is 4.87. The van der Waals surface area contributed by atoms with E-state index >= 15 is 0 Å². The second kappa shape index (κ2) is 5.53. The van der Waals surface area contributed by atoms with Crippen molar-refractivity contribution < 1.29 is 4.79 Å². The zero-order valence-electron chi connectivity index (χ0n) is 9.97. The Bertz CT molecular complexity index is 585. The molecule has 1 N–H and O–H groups in total. The molecule has 0 saturated carbocycles. The molecular weight excluding hydrogens is 274 g/mol. The third kappa shape index (κ3) is 2.56. The van der Waals surface area contributed by atoms with E-state index in [9.17, 15) is 4.79 Å². The number of nitrogens with zero attached hydrogens (tertiary/aromatic N) is 4. The summed E-state index contributed by atoms with van der Waals surface area (Å²) in [5, 5.41) is 7.98. The summed E-state index contributed by atoms with van der Waals surface area (Å²) >= 11 is 7.39. The number of thioether (sulfide) groups is 1. The number of halogens is 1. The van der Waals surface area contributed by atoms with E-state index < -0.39 is 0 Å². The zero-order chi connectivity index (χ0) is 13.1. The molecular formula is C10H12ClN5OS. The van der Waals surface area contributed by atoms with Gasteiger partial charge in [-0.1, -0.05) is 23.4 Å². The molecule has 0 fully saturated rings. The van der Waals surface area contributed by atoms with Gasteiger partial charge in [-0.25, -0.2) is 0 Å². The summed E-state index contributed by atoms with van der Waals surface area (Å²) in [7, 11) is 0. The predicted octanol–water partition coefficient (Wildman–Crippen LogP) is 1.31. The minimum absolute atomic E-state index is 0.0249. The molecule has 8 heteroatoms. The summed E-state index contributed by atoms with van der Waals surface area (Å²) in [4.78, 5) is 19.5. The Morgan fingerprint density at radius 3 is 3.11 bits per heavy atom. The number of aromatic nitrogens is 4. The van der Waals surface area contributed by atoms with Crippen LogP contribution >= 0.6 is 23.4 Å². The van der Waals surface area contributed by atoms with E-state index in [4.69, 9.17) is 11.6 Å². The number of carbonyl (C=O) groups excluding carboxylic acids is 1. The third-order valence-electron chi connectivity index (χ3n) is 2.26. The van der Waals surface area contributed by atoms with E-state index in [-0.39, 0.29) is 5.91 Å². The largest absolute Gasteiger partial charge is 0.356 e. The minimum atomic E-state index is -0.0249. The highest BCUT2D eigenvalue weighted by atomic mass is 35.5. The Balaban J connectivity index is 2.28. The van der Waals surface area contributed by atoms with E-state index in [1.54, 1.807) is 4.52 Å². The van der Waals surface area contributed by atoms with Gasteiger partial charge in [-0.15, -0.1) is 0 Å². The topological polar surface area (TPSA) is 72.2 Å². The Morgan fingerprint density at radius 2 is 2.39 bits per heavy atom. The van der Waals surface area contributed by atoms with Crippen molar-refractivity contribution in [3.05, 3.63) is 17.0 Å². The van der Waals surface area contributed by atoms with Crippen LogP contribution in [0.2, 0.25) is 5.15 Å². The van der Waals surface area contributed by atoms with E-state index in [2.05, 4.69) is 20.4 Å². The van der Waals surface area contributed by atoms with Crippen LogP contribution in [0.5, 0.6) is 0 Å². The maximum Gasteiger partial charge on any atom is 0.254 e. The van der Waals surface area contributed by atoms with Crippen molar-refractivity contribution in [2.75, 3.05) is 12.3 Å². The number of hydrogen-bond acceptors (Lipinski definition) is 5. The summed E-state index contributed by atoms with van der Waals surface area (Å²) in [6, 6.07) is 0. The molecule has 0 radical (unpaired) electrons. The van der Waals surface area contributed by atoms with E-state index in [0.717, 1.165) is 10.6 Å². The molecule has 2 rings (SSSR count). The van der Waals surface area contributed by atoms with Crippen LogP contribution in [-0.2, 0) is 4.79 Å². The van der Waals surface area contributed by atoms with Crippen LogP contribution in [0.3, 0.4) is 0 Å². The molecule has 2 heterocycles. The van der Waals surface area contributed by atoms with E-state index in [1.165, 1.54) is 18.1 Å². The summed E-state index contributed by atoms with van der Waals surface area (Å²) in [6.45, 7) is 4.34. The fourth-order valence-corrected chi connectivity index (χ4v) is 2.58.